The molecule has 1 heterocycles. The zero-order chi connectivity index (χ0) is 23.3. The molecule has 2 aromatic carbocycles. The lowest BCUT2D eigenvalue weighted by Crippen LogP contribution is -2.27. The fourth-order valence-electron chi connectivity index (χ4n) is 3.60. The minimum atomic E-state index is -1.04. The van der Waals surface area contributed by atoms with Crippen molar-refractivity contribution in [1.82, 2.24) is 5.01 Å². The van der Waals surface area contributed by atoms with E-state index < -0.39 is 17.9 Å². The number of carboxylic acids is 1. The Labute approximate surface area is 186 Å². The van der Waals surface area contributed by atoms with E-state index in [-0.39, 0.29) is 12.8 Å². The molecule has 1 aliphatic rings. The Morgan fingerprint density at radius 1 is 0.938 bits per heavy atom. The third-order valence-corrected chi connectivity index (χ3v) is 5.23. The molecule has 1 atom stereocenters. The smallest absolute Gasteiger partial charge is 0.303 e. The number of carboxylic acid groups (broad SMARTS) is 1. The quantitative estimate of drug-likeness (QED) is 0.635. The van der Waals surface area contributed by atoms with Gasteiger partial charge in [-0.05, 0) is 36.4 Å². The van der Waals surface area contributed by atoms with E-state index in [4.69, 9.17) is 24.1 Å². The summed E-state index contributed by atoms with van der Waals surface area (Å²) < 4.78 is 21.6. The van der Waals surface area contributed by atoms with Gasteiger partial charge in [0.05, 0.1) is 46.6 Å². The van der Waals surface area contributed by atoms with Crippen LogP contribution in [-0.4, -0.2) is 56.1 Å². The molecule has 0 spiro atoms. The molecule has 1 aliphatic heterocycles. The number of aliphatic carboxylic acids is 1. The number of hydrazone groups is 1. The molecule has 170 valence electrons. The van der Waals surface area contributed by atoms with Gasteiger partial charge < -0.3 is 24.1 Å². The van der Waals surface area contributed by atoms with Crippen molar-refractivity contribution in [3.63, 3.8) is 0 Å². The van der Waals surface area contributed by atoms with E-state index in [0.717, 1.165) is 11.1 Å². The first kappa shape index (κ1) is 22.9. The fraction of sp³-hybridized carbons (Fsp3) is 0.348. The van der Waals surface area contributed by atoms with Crippen molar-refractivity contribution >= 4 is 17.6 Å². The molecule has 0 fully saturated rings. The summed E-state index contributed by atoms with van der Waals surface area (Å²) in [5, 5.41) is 14.9. The molecule has 0 saturated carbocycles. The Balaban J connectivity index is 2.02. The Bertz CT molecular complexity index is 1040. The van der Waals surface area contributed by atoms with Gasteiger partial charge >= 0.3 is 5.97 Å². The number of ether oxygens (including phenoxy) is 4. The summed E-state index contributed by atoms with van der Waals surface area (Å²) in [5.41, 5.74) is 2.14. The predicted molar refractivity (Wildman–Crippen MR) is 117 cm³/mol. The predicted octanol–water partition coefficient (Wildman–Crippen LogP) is 3.26. The molecule has 0 unspecified atom stereocenters. The van der Waals surface area contributed by atoms with Crippen molar-refractivity contribution < 1.29 is 33.6 Å². The van der Waals surface area contributed by atoms with Crippen molar-refractivity contribution in [3.05, 3.63) is 47.5 Å². The monoisotopic (exact) mass is 442 g/mol. The van der Waals surface area contributed by atoms with Crippen LogP contribution in [0.3, 0.4) is 0 Å². The van der Waals surface area contributed by atoms with Gasteiger partial charge in [-0.2, -0.15) is 5.10 Å². The Hall–Kier alpha value is -3.75. The van der Waals surface area contributed by atoms with E-state index >= 15 is 0 Å². The normalized spacial score (nSPS) is 15.2. The molecule has 0 aliphatic carbocycles. The lowest BCUT2D eigenvalue weighted by molar-refractivity contribution is -0.141. The van der Waals surface area contributed by atoms with E-state index in [1.807, 2.05) is 6.07 Å². The van der Waals surface area contributed by atoms with Gasteiger partial charge in [-0.3, -0.25) is 9.59 Å². The number of benzene rings is 2. The van der Waals surface area contributed by atoms with Gasteiger partial charge in [0.2, 0.25) is 5.91 Å². The average Bonchev–Trinajstić information content (AvgIpc) is 3.26. The largest absolute Gasteiger partial charge is 0.497 e. The molecule has 9 heteroatoms. The zero-order valence-electron chi connectivity index (χ0n) is 18.5. The zero-order valence-corrected chi connectivity index (χ0v) is 18.5. The summed E-state index contributed by atoms with van der Waals surface area (Å²) >= 11 is 0. The second-order valence-corrected chi connectivity index (χ2v) is 7.08. The lowest BCUT2D eigenvalue weighted by Gasteiger charge is -2.24. The molecule has 32 heavy (non-hydrogen) atoms. The summed E-state index contributed by atoms with van der Waals surface area (Å²) in [6.45, 7) is 0. The molecule has 2 aromatic rings. The third kappa shape index (κ3) is 4.77. The van der Waals surface area contributed by atoms with Crippen LogP contribution in [0.1, 0.15) is 36.4 Å². The number of hydrogen-bond acceptors (Lipinski definition) is 7. The van der Waals surface area contributed by atoms with Gasteiger partial charge in [-0.1, -0.05) is 0 Å². The van der Waals surface area contributed by atoms with Crippen LogP contribution in [0.25, 0.3) is 0 Å². The Morgan fingerprint density at radius 3 is 2.25 bits per heavy atom. The van der Waals surface area contributed by atoms with Crippen molar-refractivity contribution in [3.8, 4) is 23.0 Å². The van der Waals surface area contributed by atoms with E-state index in [9.17, 15) is 9.59 Å². The van der Waals surface area contributed by atoms with Crippen LogP contribution in [0.4, 0.5) is 0 Å². The summed E-state index contributed by atoms with van der Waals surface area (Å²) in [6, 6.07) is 10.3. The molecule has 0 aromatic heterocycles. The first-order valence-electron chi connectivity index (χ1n) is 9.97. The topological polar surface area (TPSA) is 107 Å². The standard InChI is InChI=1S/C23H26N2O7/c1-29-15-6-8-19(30-2)16(12-15)18-13-17(24-25(18)22(26)9-10-23(27)28)14-5-7-20(31-3)21(11-14)32-4/h5-8,11-12,18H,9-10,13H2,1-4H3,(H,27,28)/t18-/m1/s1. The lowest BCUT2D eigenvalue weighted by atomic mass is 9.97. The number of nitrogens with zero attached hydrogens (tertiary/aromatic N) is 2. The highest BCUT2D eigenvalue weighted by Crippen LogP contribution is 2.40. The van der Waals surface area contributed by atoms with Crippen molar-refractivity contribution in [2.45, 2.75) is 25.3 Å². The molecule has 1 amide bonds. The third-order valence-electron chi connectivity index (χ3n) is 5.23. The number of amides is 1. The summed E-state index contributed by atoms with van der Waals surface area (Å²) in [4.78, 5) is 23.9. The van der Waals surface area contributed by atoms with Crippen LogP contribution in [0.15, 0.2) is 41.5 Å². The van der Waals surface area contributed by atoms with Gasteiger partial charge in [0, 0.05) is 24.0 Å². The van der Waals surface area contributed by atoms with Crippen LogP contribution < -0.4 is 18.9 Å². The Kier molecular flexibility index (Phi) is 7.19. The van der Waals surface area contributed by atoms with Crippen LogP contribution in [-0.2, 0) is 9.59 Å². The van der Waals surface area contributed by atoms with E-state index in [0.29, 0.717) is 35.1 Å². The van der Waals surface area contributed by atoms with E-state index in [1.54, 1.807) is 58.8 Å². The average molecular weight is 442 g/mol. The molecule has 0 saturated heterocycles. The van der Waals surface area contributed by atoms with Crippen LogP contribution in [0, 0.1) is 0 Å². The first-order chi connectivity index (χ1) is 15.4. The van der Waals surface area contributed by atoms with Crippen molar-refractivity contribution in [1.29, 1.82) is 0 Å². The van der Waals surface area contributed by atoms with Crippen molar-refractivity contribution in [2.75, 3.05) is 28.4 Å². The molecule has 0 bridgehead atoms. The molecular weight excluding hydrogens is 416 g/mol. The van der Waals surface area contributed by atoms with Gasteiger partial charge in [-0.15, -0.1) is 0 Å². The van der Waals surface area contributed by atoms with Gasteiger partial charge in [0.25, 0.3) is 0 Å². The highest BCUT2D eigenvalue weighted by atomic mass is 16.5. The number of carbonyl (C=O) groups is 2. The number of methoxy groups -OCH3 is 4. The molecule has 3 rings (SSSR count). The van der Waals surface area contributed by atoms with E-state index in [2.05, 4.69) is 5.10 Å². The van der Waals surface area contributed by atoms with Crippen LogP contribution >= 0.6 is 0 Å². The van der Waals surface area contributed by atoms with Gasteiger partial charge in [0.1, 0.15) is 11.5 Å². The highest BCUT2D eigenvalue weighted by molar-refractivity contribution is 6.03. The number of rotatable bonds is 9. The molecular formula is C23H26N2O7. The maximum Gasteiger partial charge on any atom is 0.303 e. The summed E-state index contributed by atoms with van der Waals surface area (Å²) in [5.74, 6) is 0.873. The van der Waals surface area contributed by atoms with Crippen LogP contribution in [0.2, 0.25) is 0 Å². The number of carbonyl (C=O) groups excluding carboxylic acids is 1. The maximum atomic E-state index is 12.9. The Morgan fingerprint density at radius 2 is 1.62 bits per heavy atom. The van der Waals surface area contributed by atoms with E-state index in [1.165, 1.54) is 5.01 Å². The first-order valence-corrected chi connectivity index (χ1v) is 9.97. The molecule has 0 radical (unpaired) electrons. The second kappa shape index (κ2) is 10.0. The molecule has 9 nitrogen and oxygen atoms in total. The highest BCUT2D eigenvalue weighted by Gasteiger charge is 2.35. The SMILES string of the molecule is COc1ccc(OC)c([C@H]2CC(c3ccc(OC)c(OC)c3)=NN2C(=O)CCC(=O)O)c1. The number of hydrogen-bond donors (Lipinski definition) is 1. The molecule has 1 N–H and O–H groups in total. The van der Waals surface area contributed by atoms with Gasteiger partial charge in [0.15, 0.2) is 11.5 Å². The second-order valence-electron chi connectivity index (χ2n) is 7.08. The minimum absolute atomic E-state index is 0.166. The van der Waals surface area contributed by atoms with Crippen molar-refractivity contribution in [2.24, 2.45) is 5.10 Å². The van der Waals surface area contributed by atoms with Gasteiger partial charge in [-0.25, -0.2) is 5.01 Å². The fourth-order valence-corrected chi connectivity index (χ4v) is 3.60. The maximum absolute atomic E-state index is 12.9. The minimum Gasteiger partial charge on any atom is -0.497 e. The summed E-state index contributed by atoms with van der Waals surface area (Å²) in [7, 11) is 6.21. The summed E-state index contributed by atoms with van der Waals surface area (Å²) in [6.07, 6.45) is -0.0445. The van der Waals surface area contributed by atoms with Crippen LogP contribution in [0.5, 0.6) is 23.0 Å².